The van der Waals surface area contributed by atoms with Gasteiger partial charge in [-0.15, -0.1) is 11.8 Å². The fourth-order valence-corrected chi connectivity index (χ4v) is 9.96. The van der Waals surface area contributed by atoms with Gasteiger partial charge in [-0.05, 0) is 40.7 Å². The van der Waals surface area contributed by atoms with Crippen LogP contribution in [0, 0.1) is 29.6 Å². The first kappa shape index (κ1) is 23.0. The Morgan fingerprint density at radius 3 is 2.37 bits per heavy atom. The Morgan fingerprint density at radius 1 is 1.09 bits per heavy atom. The van der Waals surface area contributed by atoms with Crippen molar-refractivity contribution >= 4 is 40.9 Å². The summed E-state index contributed by atoms with van der Waals surface area (Å²) in [6, 6.07) is 8.65. The van der Waals surface area contributed by atoms with Crippen molar-refractivity contribution in [1.82, 2.24) is 9.88 Å². The van der Waals surface area contributed by atoms with Crippen molar-refractivity contribution in [1.29, 1.82) is 0 Å². The minimum atomic E-state index is -1.01. The van der Waals surface area contributed by atoms with Gasteiger partial charge in [0.2, 0.25) is 11.8 Å². The van der Waals surface area contributed by atoms with Crippen LogP contribution in [0.2, 0.25) is 0 Å². The van der Waals surface area contributed by atoms with E-state index in [2.05, 4.69) is 50.0 Å². The third-order valence-electron chi connectivity index (χ3n) is 8.50. The highest BCUT2D eigenvalue weighted by Gasteiger charge is 2.69. The molecule has 6 rings (SSSR count). The van der Waals surface area contributed by atoms with Gasteiger partial charge in [0.15, 0.2) is 0 Å². The van der Waals surface area contributed by atoms with E-state index in [0.29, 0.717) is 0 Å². The van der Waals surface area contributed by atoms with Gasteiger partial charge in [-0.3, -0.25) is 24.1 Å². The normalized spacial score (nSPS) is 33.1. The third-order valence-corrected chi connectivity index (χ3v) is 11.1. The zero-order chi connectivity index (χ0) is 24.8. The summed E-state index contributed by atoms with van der Waals surface area (Å²) < 4.78 is 0. The van der Waals surface area contributed by atoms with E-state index < -0.39 is 5.97 Å². The topological polar surface area (TPSA) is 108 Å². The maximum absolute atomic E-state index is 13.4. The lowest BCUT2D eigenvalue weighted by Gasteiger charge is -2.43. The molecule has 3 heterocycles. The molecule has 2 aromatic rings. The molecule has 4 aliphatic rings. The summed E-state index contributed by atoms with van der Waals surface area (Å²) in [6.07, 6.45) is 0.604. The molecule has 1 saturated heterocycles. The van der Waals surface area contributed by atoms with Gasteiger partial charge < -0.3 is 10.1 Å². The number of nitrogens with zero attached hydrogens (tertiary/aromatic N) is 1. The summed E-state index contributed by atoms with van der Waals surface area (Å²) in [4.78, 5) is 55.3. The number of hydrogen-bond donors (Lipinski definition) is 2. The Morgan fingerprint density at radius 2 is 1.74 bits per heavy atom. The Kier molecular flexibility index (Phi) is 5.14. The van der Waals surface area contributed by atoms with Crippen LogP contribution in [0.25, 0.3) is 0 Å². The second-order valence-electron chi connectivity index (χ2n) is 11.3. The van der Waals surface area contributed by atoms with Crippen molar-refractivity contribution in [3.05, 3.63) is 49.9 Å². The molecule has 1 aromatic heterocycles. The van der Waals surface area contributed by atoms with Crippen molar-refractivity contribution < 1.29 is 19.5 Å². The number of aromatic nitrogens is 1. The number of H-pyrrole nitrogens is 1. The molecule has 0 spiro atoms. The first-order chi connectivity index (χ1) is 16.6. The van der Waals surface area contributed by atoms with E-state index in [9.17, 15) is 19.2 Å². The first-order valence-corrected chi connectivity index (χ1v) is 13.8. The number of imide groups is 1. The number of rotatable bonds is 4. The van der Waals surface area contributed by atoms with Gasteiger partial charge in [0.25, 0.3) is 0 Å². The van der Waals surface area contributed by atoms with E-state index in [0.717, 1.165) is 21.9 Å². The van der Waals surface area contributed by atoms with Crippen molar-refractivity contribution in [3.8, 4) is 0 Å². The minimum Gasteiger partial charge on any atom is -0.481 e. The molecule has 7 nitrogen and oxygen atoms in total. The zero-order valence-corrected chi connectivity index (χ0v) is 21.4. The predicted octanol–water partition coefficient (Wildman–Crippen LogP) is 3.68. The van der Waals surface area contributed by atoms with E-state index in [4.69, 9.17) is 5.11 Å². The molecule has 0 unspecified atom stereocenters. The third kappa shape index (κ3) is 3.38. The van der Waals surface area contributed by atoms with Crippen LogP contribution >= 0.6 is 23.1 Å². The van der Waals surface area contributed by atoms with E-state index in [1.807, 2.05) is 0 Å². The average molecular weight is 513 g/mol. The maximum Gasteiger partial charge on any atom is 0.305 e. The molecule has 2 bridgehead atoms. The monoisotopic (exact) mass is 512 g/mol. The number of aromatic amines is 1. The average Bonchev–Trinajstić information content (AvgIpc) is 3.51. The Labute approximate surface area is 211 Å². The standard InChI is InChI=1S/C26H28N2O5S2/c1-26(2,3)12-6-4-11(5-7-12)16-17-13-10-14(20(17)34-22-21(16)35-25(33)27-22)19-18(13)23(31)28(24(19)32)9-8-15(29)30/h4-7,13-14,16-20H,8-10H2,1-3H3,(H,27,33)(H,29,30)/t13-,14+,16+,17+,18+,19+,20+/m0/s1. The highest BCUT2D eigenvalue weighted by atomic mass is 32.2. The lowest BCUT2D eigenvalue weighted by atomic mass is 9.68. The van der Waals surface area contributed by atoms with Crippen LogP contribution in [0.15, 0.2) is 34.1 Å². The SMILES string of the molecule is CC(C)(C)c1ccc([C@H]2c3sc(=O)[nH]c3S[C@@H]3[C@@H]4C[C@H]([C@H]5C(=O)N(CCC(=O)O)C(=O)[C@H]45)[C@H]23)cc1. The number of carbonyl (C=O) groups is 3. The van der Waals surface area contributed by atoms with Gasteiger partial charge in [-0.25, -0.2) is 0 Å². The Balaban J connectivity index is 1.40. The van der Waals surface area contributed by atoms with Crippen LogP contribution in [-0.2, 0) is 19.8 Å². The number of amides is 2. The molecule has 2 aliphatic carbocycles. The largest absolute Gasteiger partial charge is 0.481 e. The Hall–Kier alpha value is -2.39. The number of thioether (sulfide) groups is 1. The lowest BCUT2D eigenvalue weighted by molar-refractivity contribution is -0.142. The molecular weight excluding hydrogens is 484 g/mol. The molecule has 1 aromatic carbocycles. The molecule has 2 aliphatic heterocycles. The van der Waals surface area contributed by atoms with Crippen LogP contribution in [0.3, 0.4) is 0 Å². The molecule has 184 valence electrons. The second kappa shape index (κ2) is 7.80. The van der Waals surface area contributed by atoms with Crippen molar-refractivity contribution in [2.75, 3.05) is 6.54 Å². The fraction of sp³-hybridized carbons (Fsp3) is 0.538. The predicted molar refractivity (Wildman–Crippen MR) is 133 cm³/mol. The van der Waals surface area contributed by atoms with Crippen molar-refractivity contribution in [3.63, 3.8) is 0 Å². The summed E-state index contributed by atoms with van der Waals surface area (Å²) in [5.74, 6) is -1.91. The Bertz CT molecular complexity index is 1290. The highest BCUT2D eigenvalue weighted by molar-refractivity contribution is 8.00. The van der Waals surface area contributed by atoms with Crippen LogP contribution in [-0.4, -0.2) is 44.6 Å². The van der Waals surface area contributed by atoms with Crippen molar-refractivity contribution in [2.45, 2.75) is 55.2 Å². The van der Waals surface area contributed by atoms with Gasteiger partial charge in [-0.2, -0.15) is 0 Å². The quantitative estimate of drug-likeness (QED) is 0.605. The number of thiazole rings is 1. The van der Waals surface area contributed by atoms with Gasteiger partial charge in [0.1, 0.15) is 0 Å². The number of fused-ring (bicyclic) bond motifs is 9. The maximum atomic E-state index is 13.4. The number of nitrogens with one attached hydrogen (secondary N) is 1. The number of carboxylic acids is 1. The molecule has 2 saturated carbocycles. The van der Waals surface area contributed by atoms with Crippen LogP contribution in [0.4, 0.5) is 0 Å². The van der Waals surface area contributed by atoms with Gasteiger partial charge in [0.05, 0.1) is 23.3 Å². The summed E-state index contributed by atoms with van der Waals surface area (Å²) in [5.41, 5.74) is 2.42. The number of hydrogen-bond acceptors (Lipinski definition) is 6. The van der Waals surface area contributed by atoms with E-state index in [1.54, 1.807) is 11.8 Å². The molecule has 9 heteroatoms. The summed E-state index contributed by atoms with van der Waals surface area (Å²) in [6.45, 7) is 6.49. The van der Waals surface area contributed by atoms with Gasteiger partial charge in [-0.1, -0.05) is 56.4 Å². The molecule has 35 heavy (non-hydrogen) atoms. The number of likely N-dealkylation sites (tertiary alicyclic amines) is 1. The fourth-order valence-electron chi connectivity index (χ4n) is 7.07. The summed E-state index contributed by atoms with van der Waals surface area (Å²) >= 11 is 2.93. The highest BCUT2D eigenvalue weighted by Crippen LogP contribution is 2.68. The van der Waals surface area contributed by atoms with Gasteiger partial charge in [0, 0.05) is 22.6 Å². The van der Waals surface area contributed by atoms with Crippen molar-refractivity contribution in [2.24, 2.45) is 29.6 Å². The number of aliphatic carboxylic acids is 1. The van der Waals surface area contributed by atoms with Gasteiger partial charge >= 0.3 is 10.8 Å². The van der Waals surface area contributed by atoms with E-state index >= 15 is 0 Å². The van der Waals surface area contributed by atoms with Crippen LogP contribution in [0.5, 0.6) is 0 Å². The zero-order valence-electron chi connectivity index (χ0n) is 19.8. The molecule has 0 radical (unpaired) electrons. The molecule has 2 amide bonds. The molecule has 3 fully saturated rings. The van der Waals surface area contributed by atoms with Crippen LogP contribution in [0.1, 0.15) is 55.5 Å². The lowest BCUT2D eigenvalue weighted by Crippen LogP contribution is -2.42. The first-order valence-electron chi connectivity index (χ1n) is 12.1. The molecule has 2 N–H and O–H groups in total. The molecule has 7 atom stereocenters. The molecular formula is C26H28N2O5S2. The number of benzene rings is 1. The minimum absolute atomic E-state index is 0.00106. The smallest absolute Gasteiger partial charge is 0.305 e. The number of carbonyl (C=O) groups excluding carboxylic acids is 2. The number of carboxylic acid groups (broad SMARTS) is 1. The summed E-state index contributed by atoms with van der Waals surface area (Å²) in [5, 5.41) is 10.1. The summed E-state index contributed by atoms with van der Waals surface area (Å²) in [7, 11) is 0. The van der Waals surface area contributed by atoms with Crippen LogP contribution < -0.4 is 4.87 Å². The second-order valence-corrected chi connectivity index (χ2v) is 13.5. The van der Waals surface area contributed by atoms with E-state index in [-0.39, 0.29) is 75.8 Å². The van der Waals surface area contributed by atoms with E-state index in [1.165, 1.54) is 21.8 Å².